The van der Waals surface area contributed by atoms with Crippen molar-refractivity contribution in [1.29, 1.82) is 0 Å². The number of piperidine rings is 1. The smallest absolute Gasteiger partial charge is 0.235 e. The van der Waals surface area contributed by atoms with E-state index in [1.54, 1.807) is 0 Å². The van der Waals surface area contributed by atoms with Gasteiger partial charge in [-0.25, -0.2) is 5.84 Å². The summed E-state index contributed by atoms with van der Waals surface area (Å²) in [6.45, 7) is 2.04. The molecule has 0 aromatic carbocycles. The zero-order valence-electron chi connectivity index (χ0n) is 9.95. The summed E-state index contributed by atoms with van der Waals surface area (Å²) in [5, 5.41) is 0. The Morgan fingerprint density at radius 2 is 2.00 bits per heavy atom. The Morgan fingerprint density at radius 1 is 1.25 bits per heavy atom. The fourth-order valence-corrected chi connectivity index (χ4v) is 3.32. The van der Waals surface area contributed by atoms with Crippen LogP contribution < -0.4 is 11.3 Å². The topological polar surface area (TPSA) is 58.4 Å². The number of hydrogen-bond acceptors (Lipinski definition) is 3. The number of hydrogen-bond donors (Lipinski definition) is 2. The van der Waals surface area contributed by atoms with Crippen LogP contribution >= 0.6 is 0 Å². The molecule has 2 rings (SSSR count). The van der Waals surface area contributed by atoms with Crippen LogP contribution in [0.4, 0.5) is 0 Å². The molecule has 16 heavy (non-hydrogen) atoms. The third-order valence-electron chi connectivity index (χ3n) is 4.15. The van der Waals surface area contributed by atoms with Gasteiger partial charge in [0.2, 0.25) is 5.91 Å². The predicted octanol–water partition coefficient (Wildman–Crippen LogP) is 1.02. The number of rotatable bonds is 3. The van der Waals surface area contributed by atoms with Crippen molar-refractivity contribution in [3.8, 4) is 0 Å². The van der Waals surface area contributed by atoms with Crippen molar-refractivity contribution in [1.82, 2.24) is 10.3 Å². The molecule has 0 spiro atoms. The molecule has 2 aliphatic rings. The van der Waals surface area contributed by atoms with Gasteiger partial charge in [0.1, 0.15) is 0 Å². The summed E-state index contributed by atoms with van der Waals surface area (Å²) in [4.78, 5) is 13.7. The van der Waals surface area contributed by atoms with Gasteiger partial charge in [-0.2, -0.15) is 0 Å². The van der Waals surface area contributed by atoms with Crippen molar-refractivity contribution in [2.24, 2.45) is 11.8 Å². The summed E-state index contributed by atoms with van der Waals surface area (Å²) >= 11 is 0. The molecular formula is C12H23N3O. The number of nitrogens with zero attached hydrogens (tertiary/aromatic N) is 1. The maximum Gasteiger partial charge on any atom is 0.235 e. The van der Waals surface area contributed by atoms with E-state index in [0.29, 0.717) is 6.42 Å². The van der Waals surface area contributed by atoms with Gasteiger partial charge in [0.25, 0.3) is 0 Å². The number of amides is 1. The molecule has 0 radical (unpaired) electrons. The summed E-state index contributed by atoms with van der Waals surface area (Å²) in [6.07, 6.45) is 8.72. The normalized spacial score (nSPS) is 30.8. The van der Waals surface area contributed by atoms with Crippen LogP contribution in [0, 0.1) is 5.92 Å². The average molecular weight is 225 g/mol. The van der Waals surface area contributed by atoms with Crippen molar-refractivity contribution >= 4 is 5.91 Å². The average Bonchev–Trinajstić information content (AvgIpc) is 2.35. The summed E-state index contributed by atoms with van der Waals surface area (Å²) in [7, 11) is 0. The Labute approximate surface area is 97.5 Å². The van der Waals surface area contributed by atoms with E-state index in [9.17, 15) is 4.79 Å². The Hall–Kier alpha value is -0.610. The van der Waals surface area contributed by atoms with Crippen LogP contribution in [0.2, 0.25) is 0 Å². The number of carbonyl (C=O) groups excluding carboxylic acids is 1. The Bertz CT molecular complexity index is 242. The molecule has 4 nitrogen and oxygen atoms in total. The Kier molecular flexibility index (Phi) is 4.18. The second kappa shape index (κ2) is 5.64. The highest BCUT2D eigenvalue weighted by Gasteiger charge is 2.32. The van der Waals surface area contributed by atoms with E-state index in [0.717, 1.165) is 18.5 Å². The maximum absolute atomic E-state index is 11.2. The molecule has 1 aliphatic carbocycles. The SMILES string of the molecule is NNC(=O)CCN1CCCC2CCCCC21. The lowest BCUT2D eigenvalue weighted by molar-refractivity contribution is -0.121. The highest BCUT2D eigenvalue weighted by atomic mass is 16.2. The minimum atomic E-state index is -0.0436. The van der Waals surface area contributed by atoms with E-state index in [4.69, 9.17) is 5.84 Å². The fourth-order valence-electron chi connectivity index (χ4n) is 3.32. The van der Waals surface area contributed by atoms with Gasteiger partial charge in [-0.1, -0.05) is 12.8 Å². The quantitative estimate of drug-likeness (QED) is 0.428. The third kappa shape index (κ3) is 2.74. The lowest BCUT2D eigenvalue weighted by Crippen LogP contribution is -2.48. The highest BCUT2D eigenvalue weighted by molar-refractivity contribution is 5.75. The standard InChI is InChI=1S/C12H23N3O/c13-14-12(16)7-9-15-8-3-5-10-4-1-2-6-11(10)15/h10-11H,1-9,13H2,(H,14,16). The largest absolute Gasteiger partial charge is 0.300 e. The number of likely N-dealkylation sites (tertiary alicyclic amines) is 1. The van der Waals surface area contributed by atoms with Gasteiger partial charge in [-0.05, 0) is 38.1 Å². The molecular weight excluding hydrogens is 202 g/mol. The van der Waals surface area contributed by atoms with E-state index in [1.807, 2.05) is 0 Å². The van der Waals surface area contributed by atoms with Gasteiger partial charge in [-0.15, -0.1) is 0 Å². The number of nitrogens with two attached hydrogens (primary N) is 1. The molecule has 4 heteroatoms. The molecule has 1 saturated carbocycles. The number of carbonyl (C=O) groups is 1. The summed E-state index contributed by atoms with van der Waals surface area (Å²) in [6, 6.07) is 0.744. The van der Waals surface area contributed by atoms with Gasteiger partial charge in [-0.3, -0.25) is 15.1 Å². The number of nitrogens with one attached hydrogen (secondary N) is 1. The van der Waals surface area contributed by atoms with E-state index >= 15 is 0 Å². The molecule has 1 heterocycles. The van der Waals surface area contributed by atoms with E-state index in [1.165, 1.54) is 45.1 Å². The molecule has 0 bridgehead atoms. The van der Waals surface area contributed by atoms with Crippen LogP contribution in [0.25, 0.3) is 0 Å². The molecule has 2 unspecified atom stereocenters. The van der Waals surface area contributed by atoms with Gasteiger partial charge in [0, 0.05) is 19.0 Å². The van der Waals surface area contributed by atoms with Crippen LogP contribution in [0.1, 0.15) is 44.9 Å². The van der Waals surface area contributed by atoms with Crippen molar-refractivity contribution in [3.05, 3.63) is 0 Å². The van der Waals surface area contributed by atoms with Crippen molar-refractivity contribution < 1.29 is 4.79 Å². The molecule has 1 amide bonds. The first kappa shape index (κ1) is 11.9. The molecule has 2 fully saturated rings. The Morgan fingerprint density at radius 3 is 2.81 bits per heavy atom. The highest BCUT2D eigenvalue weighted by Crippen LogP contribution is 2.35. The molecule has 1 saturated heterocycles. The van der Waals surface area contributed by atoms with Gasteiger partial charge >= 0.3 is 0 Å². The number of hydrazine groups is 1. The van der Waals surface area contributed by atoms with Crippen LogP contribution in [-0.2, 0) is 4.79 Å². The minimum absolute atomic E-state index is 0.0436. The lowest BCUT2D eigenvalue weighted by Gasteiger charge is -2.44. The number of fused-ring (bicyclic) bond motifs is 1. The molecule has 3 N–H and O–H groups in total. The van der Waals surface area contributed by atoms with Gasteiger partial charge < -0.3 is 0 Å². The van der Waals surface area contributed by atoms with E-state index in [2.05, 4.69) is 10.3 Å². The molecule has 0 aromatic rings. The maximum atomic E-state index is 11.2. The van der Waals surface area contributed by atoms with Gasteiger partial charge in [0.15, 0.2) is 0 Å². The summed E-state index contributed by atoms with van der Waals surface area (Å²) in [5.74, 6) is 5.95. The first-order valence-corrected chi connectivity index (χ1v) is 6.55. The molecule has 1 aliphatic heterocycles. The van der Waals surface area contributed by atoms with Crippen molar-refractivity contribution in [3.63, 3.8) is 0 Å². The van der Waals surface area contributed by atoms with E-state index in [-0.39, 0.29) is 5.91 Å². The first-order chi connectivity index (χ1) is 7.81. The van der Waals surface area contributed by atoms with Crippen LogP contribution in [0.15, 0.2) is 0 Å². The fraction of sp³-hybridized carbons (Fsp3) is 0.917. The second-order valence-electron chi connectivity index (χ2n) is 5.11. The zero-order chi connectivity index (χ0) is 11.4. The van der Waals surface area contributed by atoms with E-state index < -0.39 is 0 Å². The van der Waals surface area contributed by atoms with Crippen molar-refractivity contribution in [2.45, 2.75) is 51.0 Å². The van der Waals surface area contributed by atoms with Crippen molar-refractivity contribution in [2.75, 3.05) is 13.1 Å². The van der Waals surface area contributed by atoms with Crippen LogP contribution in [0.3, 0.4) is 0 Å². The first-order valence-electron chi connectivity index (χ1n) is 6.55. The Balaban J connectivity index is 1.85. The minimum Gasteiger partial charge on any atom is -0.300 e. The molecule has 0 aromatic heterocycles. The van der Waals surface area contributed by atoms with Crippen LogP contribution in [-0.4, -0.2) is 29.9 Å². The zero-order valence-corrected chi connectivity index (χ0v) is 9.95. The molecule has 2 atom stereocenters. The third-order valence-corrected chi connectivity index (χ3v) is 4.15. The van der Waals surface area contributed by atoms with Crippen LogP contribution in [0.5, 0.6) is 0 Å². The monoisotopic (exact) mass is 225 g/mol. The predicted molar refractivity (Wildman–Crippen MR) is 63.5 cm³/mol. The molecule has 92 valence electrons. The lowest BCUT2D eigenvalue weighted by atomic mass is 9.78. The summed E-state index contributed by atoms with van der Waals surface area (Å²) < 4.78 is 0. The summed E-state index contributed by atoms with van der Waals surface area (Å²) in [5.41, 5.74) is 2.21. The van der Waals surface area contributed by atoms with Gasteiger partial charge in [0.05, 0.1) is 0 Å². The second-order valence-corrected chi connectivity index (χ2v) is 5.11.